The lowest BCUT2D eigenvalue weighted by molar-refractivity contribution is -0.197. The first-order valence-electron chi connectivity index (χ1n) is 10.7. The van der Waals surface area contributed by atoms with Crippen molar-refractivity contribution in [2.24, 2.45) is 5.92 Å². The fraction of sp³-hybridized carbons (Fsp3) is 0.789. The van der Waals surface area contributed by atoms with Gasteiger partial charge in [0, 0.05) is 41.4 Å². The minimum absolute atomic E-state index is 0.0272. The van der Waals surface area contributed by atoms with Gasteiger partial charge in [0.25, 0.3) is 11.8 Å². The molecule has 0 bridgehead atoms. The van der Waals surface area contributed by atoms with Crippen LogP contribution in [0.4, 0.5) is 4.79 Å². The van der Waals surface area contributed by atoms with E-state index in [1.165, 1.54) is 0 Å². The largest absolute Gasteiger partial charge is 0.334 e. The first kappa shape index (κ1) is 24.5. The lowest BCUT2D eigenvalue weighted by Crippen LogP contribution is -2.36. The van der Waals surface area contributed by atoms with Gasteiger partial charge in [0.1, 0.15) is 0 Å². The summed E-state index contributed by atoms with van der Waals surface area (Å²) >= 11 is 1.95. The molecule has 0 aliphatic carbocycles. The maximum absolute atomic E-state index is 11.8. The summed E-state index contributed by atoms with van der Waals surface area (Å²) in [5.74, 6) is 0.641. The Kier molecular flexibility index (Phi) is 9.67. The lowest BCUT2D eigenvalue weighted by Gasteiger charge is -2.16. The average molecular weight is 491 g/mol. The van der Waals surface area contributed by atoms with E-state index in [0.717, 1.165) is 43.9 Å². The van der Waals surface area contributed by atoms with Crippen LogP contribution in [0.1, 0.15) is 39.0 Å². The molecule has 3 heterocycles. The quantitative estimate of drug-likeness (QED) is 0.153. The monoisotopic (exact) mass is 490 g/mol. The molecule has 0 aromatic heterocycles. The summed E-state index contributed by atoms with van der Waals surface area (Å²) in [7, 11) is 3.26. The Morgan fingerprint density at radius 1 is 1.19 bits per heavy atom. The van der Waals surface area contributed by atoms with Gasteiger partial charge in [0.05, 0.1) is 18.5 Å². The van der Waals surface area contributed by atoms with Crippen LogP contribution in [0.25, 0.3) is 0 Å². The first-order chi connectivity index (χ1) is 15.0. The van der Waals surface area contributed by atoms with Gasteiger partial charge in [0.15, 0.2) is 0 Å². The molecule has 2 unspecified atom stereocenters. The molecule has 3 aliphatic heterocycles. The van der Waals surface area contributed by atoms with Crippen LogP contribution in [0, 0.1) is 5.92 Å². The van der Waals surface area contributed by atoms with Crippen LogP contribution in [0.3, 0.4) is 0 Å². The maximum Gasteiger partial charge on any atom is 0.334 e. The summed E-state index contributed by atoms with van der Waals surface area (Å²) in [5.41, 5.74) is 0. The van der Waals surface area contributed by atoms with Crippen molar-refractivity contribution in [1.29, 1.82) is 0 Å². The highest BCUT2D eigenvalue weighted by molar-refractivity contribution is 8.76. The van der Waals surface area contributed by atoms with E-state index in [9.17, 15) is 19.2 Å². The third kappa shape index (κ3) is 7.19. The Bertz CT molecular complexity index is 683. The smallest absolute Gasteiger partial charge is 0.332 e. The normalized spacial score (nSPS) is 27.4. The van der Waals surface area contributed by atoms with Crippen molar-refractivity contribution >= 4 is 57.2 Å². The number of imide groups is 1. The van der Waals surface area contributed by atoms with Gasteiger partial charge < -0.3 is 20.8 Å². The summed E-state index contributed by atoms with van der Waals surface area (Å²) in [6, 6.07) is 0.558. The highest BCUT2D eigenvalue weighted by Crippen LogP contribution is 2.33. The Hall–Kier alpha value is -1.11. The summed E-state index contributed by atoms with van der Waals surface area (Å²) < 4.78 is 0. The SMILES string of the molecule is CC1CC(=O)N(OC(=O)CCSSCCNCCCCC2SC[C@@H]3NC(=O)N[C@H]23)C1=O. The van der Waals surface area contributed by atoms with E-state index < -0.39 is 23.7 Å². The van der Waals surface area contributed by atoms with Gasteiger partial charge >= 0.3 is 12.0 Å². The first-order valence-corrected chi connectivity index (χ1v) is 14.2. The average Bonchev–Trinajstić information content (AvgIpc) is 3.35. The number of nitrogens with one attached hydrogen (secondary N) is 3. The molecule has 3 N–H and O–H groups in total. The Morgan fingerprint density at radius 3 is 2.77 bits per heavy atom. The molecule has 31 heavy (non-hydrogen) atoms. The van der Waals surface area contributed by atoms with Crippen molar-refractivity contribution in [3.8, 4) is 0 Å². The third-order valence-electron chi connectivity index (χ3n) is 5.39. The number of hydroxylamine groups is 2. The molecular formula is C19H30N4O5S3. The molecule has 3 rings (SSSR count). The molecule has 12 heteroatoms. The van der Waals surface area contributed by atoms with Crippen LogP contribution < -0.4 is 16.0 Å². The molecule has 0 radical (unpaired) electrons. The van der Waals surface area contributed by atoms with E-state index in [2.05, 4.69) is 16.0 Å². The molecule has 0 spiro atoms. The Morgan fingerprint density at radius 2 is 2.00 bits per heavy atom. The topological polar surface area (TPSA) is 117 Å². The molecule has 174 valence electrons. The van der Waals surface area contributed by atoms with E-state index in [1.807, 2.05) is 11.8 Å². The van der Waals surface area contributed by atoms with Gasteiger partial charge in [-0.15, -0.1) is 5.06 Å². The molecule has 3 aliphatic rings. The summed E-state index contributed by atoms with van der Waals surface area (Å²) in [6.07, 6.45) is 3.65. The summed E-state index contributed by atoms with van der Waals surface area (Å²) in [4.78, 5) is 51.3. The molecule has 3 fully saturated rings. The predicted octanol–water partition coefficient (Wildman–Crippen LogP) is 1.54. The third-order valence-corrected chi connectivity index (χ3v) is 9.30. The number of rotatable bonds is 13. The van der Waals surface area contributed by atoms with Gasteiger partial charge in [-0.2, -0.15) is 11.8 Å². The minimum atomic E-state index is -0.554. The molecule has 4 amide bonds. The molecule has 0 saturated carbocycles. The number of nitrogens with zero attached hydrogens (tertiary/aromatic N) is 1. The van der Waals surface area contributed by atoms with Crippen LogP contribution in [-0.2, 0) is 19.2 Å². The molecule has 4 atom stereocenters. The minimum Gasteiger partial charge on any atom is -0.332 e. The number of amides is 4. The molecule has 3 saturated heterocycles. The molecular weight excluding hydrogens is 460 g/mol. The highest BCUT2D eigenvalue weighted by Gasteiger charge is 2.42. The highest BCUT2D eigenvalue weighted by atomic mass is 33.1. The van der Waals surface area contributed by atoms with E-state index in [0.29, 0.717) is 22.1 Å². The lowest BCUT2D eigenvalue weighted by atomic mass is 10.0. The van der Waals surface area contributed by atoms with Crippen LogP contribution in [0.5, 0.6) is 0 Å². The molecule has 9 nitrogen and oxygen atoms in total. The number of thioether (sulfide) groups is 1. The van der Waals surface area contributed by atoms with Crippen molar-refractivity contribution in [2.45, 2.75) is 56.4 Å². The van der Waals surface area contributed by atoms with Crippen molar-refractivity contribution < 1.29 is 24.0 Å². The second-order valence-corrected chi connectivity index (χ2v) is 11.8. The number of carbonyl (C=O) groups excluding carboxylic acids is 4. The van der Waals surface area contributed by atoms with Gasteiger partial charge in [-0.1, -0.05) is 34.9 Å². The van der Waals surface area contributed by atoms with Crippen molar-refractivity contribution in [1.82, 2.24) is 21.0 Å². The van der Waals surface area contributed by atoms with Gasteiger partial charge in [-0.25, -0.2) is 9.59 Å². The zero-order valence-electron chi connectivity index (χ0n) is 17.6. The number of urea groups is 1. The number of unbranched alkanes of at least 4 members (excludes halogenated alkanes) is 1. The van der Waals surface area contributed by atoms with E-state index >= 15 is 0 Å². The van der Waals surface area contributed by atoms with Crippen LogP contribution in [0.15, 0.2) is 0 Å². The summed E-state index contributed by atoms with van der Waals surface area (Å²) in [5, 5.41) is 10.6. The number of carbonyl (C=O) groups is 4. The van der Waals surface area contributed by atoms with Crippen molar-refractivity contribution in [2.75, 3.05) is 30.3 Å². The van der Waals surface area contributed by atoms with Gasteiger partial charge in [-0.3, -0.25) is 9.59 Å². The van der Waals surface area contributed by atoms with Crippen LogP contribution in [0.2, 0.25) is 0 Å². The number of hydrogen-bond acceptors (Lipinski definition) is 9. The Balaban J connectivity index is 1.11. The zero-order valence-corrected chi connectivity index (χ0v) is 20.0. The van der Waals surface area contributed by atoms with E-state index in [1.54, 1.807) is 28.5 Å². The predicted molar refractivity (Wildman–Crippen MR) is 123 cm³/mol. The fourth-order valence-corrected chi connectivity index (χ4v) is 7.18. The fourth-order valence-electron chi connectivity index (χ4n) is 3.72. The van der Waals surface area contributed by atoms with Crippen molar-refractivity contribution in [3.63, 3.8) is 0 Å². The maximum atomic E-state index is 11.8. The van der Waals surface area contributed by atoms with E-state index in [-0.39, 0.29) is 24.9 Å². The second-order valence-electron chi connectivity index (χ2n) is 7.86. The van der Waals surface area contributed by atoms with Gasteiger partial charge in [0.2, 0.25) is 0 Å². The second kappa shape index (κ2) is 12.2. The standard InChI is InChI=1S/C19H30N4O5S3/c1-12-10-15(24)23(18(12)26)28-16(25)5-8-30-31-9-7-20-6-3-2-4-14-17-13(11-29-14)21-19(27)22-17/h12-14,17,20H,2-11H2,1H3,(H2,21,22,27)/t12?,13-,14?,17-/m0/s1. The van der Waals surface area contributed by atoms with Crippen molar-refractivity contribution in [3.05, 3.63) is 0 Å². The zero-order chi connectivity index (χ0) is 22.2. The summed E-state index contributed by atoms with van der Waals surface area (Å²) in [6.45, 7) is 3.52. The van der Waals surface area contributed by atoms with E-state index in [4.69, 9.17) is 4.84 Å². The molecule has 0 aromatic rings. The van der Waals surface area contributed by atoms with Crippen LogP contribution >= 0.6 is 33.3 Å². The van der Waals surface area contributed by atoms with Crippen LogP contribution in [-0.4, -0.2) is 76.6 Å². The number of hydrogen-bond donors (Lipinski definition) is 3. The Labute approximate surface area is 194 Å². The number of fused-ring (bicyclic) bond motifs is 1. The van der Waals surface area contributed by atoms with Gasteiger partial charge in [-0.05, 0) is 19.4 Å². The molecule has 0 aromatic carbocycles.